The molecule has 0 radical (unpaired) electrons. The molecule has 2 amide bonds. The predicted octanol–water partition coefficient (Wildman–Crippen LogP) is 1.79. The number of nitrogens with zero attached hydrogens (tertiary/aromatic N) is 1. The highest BCUT2D eigenvalue weighted by molar-refractivity contribution is 6.00. The van der Waals surface area contributed by atoms with Crippen molar-refractivity contribution in [2.75, 3.05) is 39.4 Å². The van der Waals surface area contributed by atoms with Gasteiger partial charge in [-0.1, -0.05) is 30.3 Å². The van der Waals surface area contributed by atoms with Crippen LogP contribution in [0.3, 0.4) is 0 Å². The van der Waals surface area contributed by atoms with Crippen molar-refractivity contribution >= 4 is 17.5 Å². The van der Waals surface area contributed by atoms with Crippen LogP contribution in [-0.4, -0.2) is 57.4 Å². The van der Waals surface area contributed by atoms with Gasteiger partial charge in [0.1, 0.15) is 0 Å². The lowest BCUT2D eigenvalue weighted by molar-refractivity contribution is -0.127. The summed E-state index contributed by atoms with van der Waals surface area (Å²) in [5.74, 6) is 0.357. The summed E-state index contributed by atoms with van der Waals surface area (Å²) in [5.41, 5.74) is 1.58. The van der Waals surface area contributed by atoms with Crippen molar-refractivity contribution in [3.05, 3.63) is 48.0 Å². The molecule has 0 bridgehead atoms. The van der Waals surface area contributed by atoms with Crippen LogP contribution >= 0.6 is 0 Å². The molecule has 31 heavy (non-hydrogen) atoms. The summed E-state index contributed by atoms with van der Waals surface area (Å²) in [7, 11) is 4.52. The van der Waals surface area contributed by atoms with Crippen LogP contribution in [0, 0.1) is 5.92 Å². The zero-order valence-corrected chi connectivity index (χ0v) is 18.0. The second kappa shape index (κ2) is 10.2. The van der Waals surface area contributed by atoms with Crippen molar-refractivity contribution in [3.63, 3.8) is 0 Å². The fraction of sp³-hybridized carbons (Fsp3) is 0.391. The van der Waals surface area contributed by atoms with Crippen molar-refractivity contribution in [1.82, 2.24) is 5.32 Å². The second-order valence-corrected chi connectivity index (χ2v) is 7.37. The Balaban J connectivity index is 1.71. The van der Waals surface area contributed by atoms with E-state index in [1.807, 2.05) is 30.3 Å². The number of aliphatic hydroxyl groups excluding tert-OH is 1. The van der Waals surface area contributed by atoms with Gasteiger partial charge < -0.3 is 29.5 Å². The van der Waals surface area contributed by atoms with Gasteiger partial charge in [0.15, 0.2) is 11.5 Å². The number of ether oxygens (including phenoxy) is 3. The minimum atomic E-state index is -0.517. The van der Waals surface area contributed by atoms with Gasteiger partial charge in [-0.05, 0) is 12.0 Å². The number of aliphatic hydroxyl groups is 1. The average Bonchev–Trinajstić information content (AvgIpc) is 3.19. The van der Waals surface area contributed by atoms with E-state index in [2.05, 4.69) is 5.32 Å². The average molecular weight is 428 g/mol. The van der Waals surface area contributed by atoms with Gasteiger partial charge in [0.2, 0.25) is 17.6 Å². The molecule has 0 saturated carbocycles. The summed E-state index contributed by atoms with van der Waals surface area (Å²) in [6, 6.07) is 12.6. The topological polar surface area (TPSA) is 97.3 Å². The first kappa shape index (κ1) is 22.4. The highest BCUT2D eigenvalue weighted by Crippen LogP contribution is 2.42. The van der Waals surface area contributed by atoms with Crippen molar-refractivity contribution in [1.29, 1.82) is 0 Å². The summed E-state index contributed by atoms with van der Waals surface area (Å²) in [6.45, 7) is 0.0463. The van der Waals surface area contributed by atoms with Crippen molar-refractivity contribution in [3.8, 4) is 17.2 Å². The number of hydrogen-bond acceptors (Lipinski definition) is 6. The number of amides is 2. The standard InChI is InChI=1S/C23H28N2O6/c1-29-19-11-18(12-20(30-2)22(19)31-3)25-13-16(10-21(25)27)23(28)24-17(14-26)9-15-7-5-4-6-8-15/h4-8,11-12,16-17,26H,9-10,13-14H2,1-3H3,(H,24,28)/t16-,17-/m0/s1. The molecule has 2 atom stereocenters. The molecule has 1 aliphatic heterocycles. The van der Waals surface area contributed by atoms with Gasteiger partial charge in [-0.15, -0.1) is 0 Å². The molecule has 8 nitrogen and oxygen atoms in total. The Bertz CT molecular complexity index is 893. The Labute approximate surface area is 181 Å². The lowest BCUT2D eigenvalue weighted by Gasteiger charge is -2.21. The maximum absolute atomic E-state index is 12.8. The number of hydrogen-bond donors (Lipinski definition) is 2. The fourth-order valence-electron chi connectivity index (χ4n) is 3.73. The van der Waals surface area contributed by atoms with Gasteiger partial charge in [-0.25, -0.2) is 0 Å². The molecule has 2 N–H and O–H groups in total. The molecule has 0 aromatic heterocycles. The van der Waals surface area contributed by atoms with E-state index in [9.17, 15) is 14.7 Å². The summed E-state index contributed by atoms with van der Waals surface area (Å²) >= 11 is 0. The van der Waals surface area contributed by atoms with Gasteiger partial charge in [0.25, 0.3) is 0 Å². The molecule has 2 aromatic carbocycles. The first-order valence-electron chi connectivity index (χ1n) is 10.1. The molecular formula is C23H28N2O6. The van der Waals surface area contributed by atoms with E-state index in [1.54, 1.807) is 17.0 Å². The minimum absolute atomic E-state index is 0.0893. The normalized spacial score (nSPS) is 16.7. The Morgan fingerprint density at radius 2 is 1.77 bits per heavy atom. The zero-order valence-electron chi connectivity index (χ0n) is 18.0. The Morgan fingerprint density at radius 3 is 2.32 bits per heavy atom. The molecule has 1 fully saturated rings. The number of anilines is 1. The predicted molar refractivity (Wildman–Crippen MR) is 116 cm³/mol. The third-order valence-electron chi connectivity index (χ3n) is 5.35. The third kappa shape index (κ3) is 5.08. The van der Waals surface area contributed by atoms with Crippen LogP contribution < -0.4 is 24.4 Å². The summed E-state index contributed by atoms with van der Waals surface area (Å²) in [4.78, 5) is 27.0. The van der Waals surface area contributed by atoms with Crippen LogP contribution in [0.2, 0.25) is 0 Å². The molecule has 0 unspecified atom stereocenters. The van der Waals surface area contributed by atoms with E-state index >= 15 is 0 Å². The minimum Gasteiger partial charge on any atom is -0.493 e. The van der Waals surface area contributed by atoms with E-state index in [-0.39, 0.29) is 31.4 Å². The van der Waals surface area contributed by atoms with E-state index in [0.29, 0.717) is 29.4 Å². The molecular weight excluding hydrogens is 400 g/mol. The summed E-state index contributed by atoms with van der Waals surface area (Å²) in [5, 5.41) is 12.6. The van der Waals surface area contributed by atoms with Crippen LogP contribution in [0.25, 0.3) is 0 Å². The number of nitrogens with one attached hydrogen (secondary N) is 1. The summed E-state index contributed by atoms with van der Waals surface area (Å²) < 4.78 is 16.1. The van der Waals surface area contributed by atoms with Crippen LogP contribution in [-0.2, 0) is 16.0 Å². The maximum atomic E-state index is 12.8. The van der Waals surface area contributed by atoms with Crippen molar-refractivity contribution < 1.29 is 28.9 Å². The lowest BCUT2D eigenvalue weighted by Crippen LogP contribution is -2.43. The molecule has 1 aliphatic rings. The summed E-state index contributed by atoms with van der Waals surface area (Å²) in [6.07, 6.45) is 0.603. The number of benzene rings is 2. The smallest absolute Gasteiger partial charge is 0.227 e. The number of rotatable bonds is 9. The monoisotopic (exact) mass is 428 g/mol. The molecule has 8 heteroatoms. The van der Waals surface area contributed by atoms with Crippen molar-refractivity contribution in [2.45, 2.75) is 18.9 Å². The first-order valence-corrected chi connectivity index (χ1v) is 10.1. The first-order chi connectivity index (χ1) is 15.0. The number of methoxy groups -OCH3 is 3. The highest BCUT2D eigenvalue weighted by atomic mass is 16.5. The van der Waals surface area contributed by atoms with Crippen LogP contribution in [0.5, 0.6) is 17.2 Å². The molecule has 1 heterocycles. The van der Waals surface area contributed by atoms with E-state index in [4.69, 9.17) is 14.2 Å². The zero-order chi connectivity index (χ0) is 22.4. The molecule has 166 valence electrons. The quantitative estimate of drug-likeness (QED) is 0.632. The van der Waals surface area contributed by atoms with Gasteiger partial charge in [-0.3, -0.25) is 9.59 Å². The lowest BCUT2D eigenvalue weighted by atomic mass is 10.0. The van der Waals surface area contributed by atoms with Crippen molar-refractivity contribution in [2.24, 2.45) is 5.92 Å². The highest BCUT2D eigenvalue weighted by Gasteiger charge is 2.36. The molecule has 1 saturated heterocycles. The van der Waals surface area contributed by atoms with E-state index < -0.39 is 12.0 Å². The molecule has 0 aliphatic carbocycles. The van der Waals surface area contributed by atoms with Crippen LogP contribution in [0.1, 0.15) is 12.0 Å². The number of carbonyl (C=O) groups is 2. The SMILES string of the molecule is COc1cc(N2C[C@@H](C(=O)N[C@H](CO)Cc3ccccc3)CC2=O)cc(OC)c1OC. The molecule has 3 rings (SSSR count). The Hall–Kier alpha value is -3.26. The van der Waals surface area contributed by atoms with Gasteiger partial charge >= 0.3 is 0 Å². The van der Waals surface area contributed by atoms with Gasteiger partial charge in [0.05, 0.1) is 45.6 Å². The van der Waals surface area contributed by atoms with E-state index in [1.165, 1.54) is 21.3 Å². The molecule has 0 spiro atoms. The maximum Gasteiger partial charge on any atom is 0.227 e. The number of carbonyl (C=O) groups excluding carboxylic acids is 2. The van der Waals surface area contributed by atoms with Crippen LogP contribution in [0.15, 0.2) is 42.5 Å². The largest absolute Gasteiger partial charge is 0.493 e. The third-order valence-corrected chi connectivity index (χ3v) is 5.35. The Kier molecular flexibility index (Phi) is 7.36. The molecule has 2 aromatic rings. The second-order valence-electron chi connectivity index (χ2n) is 7.37. The Morgan fingerprint density at radius 1 is 1.13 bits per heavy atom. The van der Waals surface area contributed by atoms with Gasteiger partial charge in [0, 0.05) is 25.1 Å². The van der Waals surface area contributed by atoms with Crippen LogP contribution in [0.4, 0.5) is 5.69 Å². The fourth-order valence-corrected chi connectivity index (χ4v) is 3.73. The van der Waals surface area contributed by atoms with E-state index in [0.717, 1.165) is 5.56 Å². The van der Waals surface area contributed by atoms with Gasteiger partial charge in [-0.2, -0.15) is 0 Å².